The Morgan fingerprint density at radius 2 is 2.00 bits per heavy atom. The highest BCUT2D eigenvalue weighted by Gasteiger charge is 2.33. The van der Waals surface area contributed by atoms with Gasteiger partial charge < -0.3 is 4.74 Å². The summed E-state index contributed by atoms with van der Waals surface area (Å²) in [6.07, 6.45) is 3.13. The van der Waals surface area contributed by atoms with Crippen molar-refractivity contribution < 1.29 is 23.2 Å². The number of hydrogen-bond acceptors (Lipinski definition) is 5. The van der Waals surface area contributed by atoms with Crippen LogP contribution in [0.3, 0.4) is 0 Å². The molecule has 0 aliphatic carbocycles. The summed E-state index contributed by atoms with van der Waals surface area (Å²) in [6.45, 7) is 0.272. The van der Waals surface area contributed by atoms with Crippen molar-refractivity contribution in [3.05, 3.63) is 58.6 Å². The molecule has 0 aromatic heterocycles. The topological polar surface area (TPSA) is 95.9 Å². The largest absolute Gasteiger partial charge is 0.497 e. The van der Waals surface area contributed by atoms with Gasteiger partial charge in [-0.25, -0.2) is 13.9 Å². The highest BCUT2D eigenvalue weighted by molar-refractivity contribution is 7.92. The van der Waals surface area contributed by atoms with Gasteiger partial charge in [-0.3, -0.25) is 14.3 Å². The molecule has 2 N–H and O–H groups in total. The maximum atomic E-state index is 13.0. The van der Waals surface area contributed by atoms with Crippen molar-refractivity contribution in [3.63, 3.8) is 0 Å². The van der Waals surface area contributed by atoms with Crippen LogP contribution in [-0.2, 0) is 21.2 Å². The summed E-state index contributed by atoms with van der Waals surface area (Å²) in [5, 5.41) is 8.80. The van der Waals surface area contributed by atoms with E-state index in [1.165, 1.54) is 35.1 Å². The van der Waals surface area contributed by atoms with Gasteiger partial charge in [0.05, 0.1) is 22.7 Å². The first-order chi connectivity index (χ1) is 12.9. The Balaban J connectivity index is 1.96. The van der Waals surface area contributed by atoms with E-state index < -0.39 is 15.9 Å². The summed E-state index contributed by atoms with van der Waals surface area (Å²) in [6, 6.07) is 9.50. The number of fused-ring (bicyclic) bond motifs is 1. The first-order valence-corrected chi connectivity index (χ1v) is 9.80. The van der Waals surface area contributed by atoms with Crippen molar-refractivity contribution in [2.45, 2.75) is 11.3 Å². The van der Waals surface area contributed by atoms with Gasteiger partial charge in [0.25, 0.3) is 15.9 Å². The molecule has 2 aromatic rings. The Bertz CT molecular complexity index is 1000. The maximum absolute atomic E-state index is 13.0. The molecule has 1 amide bonds. The number of sulfonamides is 1. The molecule has 1 aliphatic rings. The van der Waals surface area contributed by atoms with Crippen molar-refractivity contribution >= 4 is 39.3 Å². The van der Waals surface area contributed by atoms with E-state index in [0.29, 0.717) is 23.4 Å². The van der Waals surface area contributed by atoms with Gasteiger partial charge in [-0.05, 0) is 60.0 Å². The summed E-state index contributed by atoms with van der Waals surface area (Å²) in [5.41, 5.74) is 3.34. The Hall–Kier alpha value is -2.55. The lowest BCUT2D eigenvalue weighted by atomic mass is 10.1. The van der Waals surface area contributed by atoms with Crippen LogP contribution in [0.1, 0.15) is 11.1 Å². The predicted octanol–water partition coefficient (Wildman–Crippen LogP) is 2.62. The molecule has 0 spiro atoms. The first kappa shape index (κ1) is 19.2. The van der Waals surface area contributed by atoms with Crippen molar-refractivity contribution in [1.82, 2.24) is 5.48 Å². The Labute approximate surface area is 161 Å². The summed E-state index contributed by atoms with van der Waals surface area (Å²) in [5.74, 6) is -0.104. The smallest absolute Gasteiger partial charge is 0.267 e. The number of halogens is 1. The van der Waals surface area contributed by atoms with Gasteiger partial charge in [-0.1, -0.05) is 11.6 Å². The number of benzene rings is 2. The van der Waals surface area contributed by atoms with Crippen molar-refractivity contribution in [1.29, 1.82) is 0 Å². The minimum Gasteiger partial charge on any atom is -0.497 e. The monoisotopic (exact) mass is 408 g/mol. The molecule has 0 fully saturated rings. The van der Waals surface area contributed by atoms with Crippen LogP contribution in [0, 0.1) is 0 Å². The fourth-order valence-corrected chi connectivity index (χ4v) is 4.83. The van der Waals surface area contributed by atoms with Crippen LogP contribution in [0.5, 0.6) is 5.75 Å². The number of nitrogens with zero attached hydrogens (tertiary/aromatic N) is 1. The molecule has 9 heteroatoms. The molecule has 3 rings (SSSR count). The second-order valence-corrected chi connectivity index (χ2v) is 8.09. The minimum atomic E-state index is -3.76. The van der Waals surface area contributed by atoms with Crippen LogP contribution in [-0.4, -0.2) is 33.2 Å². The van der Waals surface area contributed by atoms with Gasteiger partial charge in [-0.15, -0.1) is 0 Å². The molecular weight excluding hydrogens is 392 g/mol. The Morgan fingerprint density at radius 1 is 1.30 bits per heavy atom. The average Bonchev–Trinajstić information content (AvgIpc) is 3.11. The van der Waals surface area contributed by atoms with Crippen molar-refractivity contribution in [3.8, 4) is 5.75 Å². The number of carbonyl (C=O) groups excluding carboxylic acids is 1. The lowest BCUT2D eigenvalue weighted by molar-refractivity contribution is -0.124. The van der Waals surface area contributed by atoms with E-state index in [-0.39, 0.29) is 16.5 Å². The number of methoxy groups -OCH3 is 1. The fourth-order valence-electron chi connectivity index (χ4n) is 2.90. The van der Waals surface area contributed by atoms with Crippen LogP contribution in [0.15, 0.2) is 47.4 Å². The molecule has 1 aliphatic heterocycles. The highest BCUT2D eigenvalue weighted by atomic mass is 35.5. The maximum Gasteiger partial charge on any atom is 0.267 e. The number of ether oxygens (including phenoxy) is 1. The molecule has 0 radical (unpaired) electrons. The van der Waals surface area contributed by atoms with E-state index in [1.54, 1.807) is 24.3 Å². The number of hydrogen-bond donors (Lipinski definition) is 2. The van der Waals surface area contributed by atoms with Gasteiger partial charge in [-0.2, -0.15) is 0 Å². The summed E-state index contributed by atoms with van der Waals surface area (Å²) < 4.78 is 32.4. The fraction of sp³-hybridized carbons (Fsp3) is 0.167. The molecule has 7 nitrogen and oxygen atoms in total. The second-order valence-electron chi connectivity index (χ2n) is 5.82. The molecule has 0 saturated heterocycles. The second kappa shape index (κ2) is 7.59. The van der Waals surface area contributed by atoms with Crippen LogP contribution >= 0.6 is 11.6 Å². The van der Waals surface area contributed by atoms with Gasteiger partial charge in [0.2, 0.25) is 0 Å². The molecule has 2 aromatic carbocycles. The van der Waals surface area contributed by atoms with E-state index in [0.717, 1.165) is 11.6 Å². The molecule has 142 valence electrons. The summed E-state index contributed by atoms with van der Waals surface area (Å²) >= 11 is 6.35. The van der Waals surface area contributed by atoms with Crippen molar-refractivity contribution in [2.75, 3.05) is 18.0 Å². The Kier molecular flexibility index (Phi) is 5.41. The third-order valence-corrected chi connectivity index (χ3v) is 6.28. The van der Waals surface area contributed by atoms with Gasteiger partial charge in [0, 0.05) is 12.6 Å². The summed E-state index contributed by atoms with van der Waals surface area (Å²) in [4.78, 5) is 11.3. The zero-order chi connectivity index (χ0) is 19.6. The van der Waals surface area contributed by atoms with Gasteiger partial charge in [0.1, 0.15) is 5.75 Å². The van der Waals surface area contributed by atoms with Crippen LogP contribution in [0.25, 0.3) is 6.08 Å². The molecular formula is C18H17ClN2O5S. The number of nitrogens with one attached hydrogen (secondary N) is 1. The third kappa shape index (κ3) is 3.78. The predicted molar refractivity (Wildman–Crippen MR) is 102 cm³/mol. The normalized spacial score (nSPS) is 13.7. The number of anilines is 1. The van der Waals surface area contributed by atoms with E-state index in [9.17, 15) is 13.2 Å². The molecule has 0 bridgehead atoms. The third-order valence-electron chi connectivity index (χ3n) is 4.18. The molecule has 0 saturated carbocycles. The molecule has 27 heavy (non-hydrogen) atoms. The molecule has 0 atom stereocenters. The zero-order valence-corrected chi connectivity index (χ0v) is 15.9. The van der Waals surface area contributed by atoms with Gasteiger partial charge in [0.15, 0.2) is 0 Å². The average molecular weight is 409 g/mol. The highest BCUT2D eigenvalue weighted by Crippen LogP contribution is 2.40. The first-order valence-electron chi connectivity index (χ1n) is 7.98. The number of carbonyl (C=O) groups is 1. The SMILES string of the molecule is COc1ccc(S(=O)(=O)N2CCc3cc(/C=C/C(=O)NO)cc(Cl)c32)cc1. The number of amides is 1. The zero-order valence-electron chi connectivity index (χ0n) is 14.3. The van der Waals surface area contributed by atoms with Crippen molar-refractivity contribution in [2.24, 2.45) is 0 Å². The quantitative estimate of drug-likeness (QED) is 0.450. The number of hydroxylamine groups is 1. The Morgan fingerprint density at radius 3 is 2.63 bits per heavy atom. The van der Waals surface area contributed by atoms with E-state index in [2.05, 4.69) is 0 Å². The van der Waals surface area contributed by atoms with Crippen LogP contribution in [0.4, 0.5) is 5.69 Å². The lowest BCUT2D eigenvalue weighted by Gasteiger charge is -2.21. The van der Waals surface area contributed by atoms with Gasteiger partial charge >= 0.3 is 0 Å². The molecule has 1 heterocycles. The van der Waals surface area contributed by atoms with E-state index >= 15 is 0 Å². The van der Waals surface area contributed by atoms with E-state index in [4.69, 9.17) is 21.5 Å². The van der Waals surface area contributed by atoms with Crippen LogP contribution < -0.4 is 14.5 Å². The molecule has 0 unspecified atom stereocenters. The van der Waals surface area contributed by atoms with E-state index in [1.807, 2.05) is 0 Å². The minimum absolute atomic E-state index is 0.149. The van der Waals surface area contributed by atoms with Crippen LogP contribution in [0.2, 0.25) is 5.02 Å². The standard InChI is InChI=1S/C18H17ClN2O5S/c1-26-14-3-5-15(6-4-14)27(24,25)21-9-8-13-10-12(2-7-17(22)20-23)11-16(19)18(13)21/h2-7,10-11,23H,8-9H2,1H3,(H,20,22)/b7-2+. The number of rotatable bonds is 5. The lowest BCUT2D eigenvalue weighted by Crippen LogP contribution is -2.29. The summed E-state index contributed by atoms with van der Waals surface area (Å²) in [7, 11) is -2.25.